The Morgan fingerprint density at radius 3 is 2.34 bits per heavy atom. The third kappa shape index (κ3) is 5.29. The second-order valence-corrected chi connectivity index (χ2v) is 10.1. The van der Waals surface area contributed by atoms with E-state index in [4.69, 9.17) is 16.1 Å². The molecule has 3 rings (SSSR count). The summed E-state index contributed by atoms with van der Waals surface area (Å²) in [7, 11) is -1.37. The van der Waals surface area contributed by atoms with Crippen LogP contribution in [0.3, 0.4) is 0 Å². The van der Waals surface area contributed by atoms with Crippen LogP contribution in [0.25, 0.3) is 11.1 Å². The summed E-state index contributed by atoms with van der Waals surface area (Å²) in [5.41, 5.74) is 2.31. The number of nitrogens with zero attached hydrogens (tertiary/aromatic N) is 1. The molecule has 0 aliphatic heterocycles. The van der Waals surface area contributed by atoms with Gasteiger partial charge in [-0.1, -0.05) is 28.9 Å². The van der Waals surface area contributed by atoms with Gasteiger partial charge in [0.2, 0.25) is 0 Å². The predicted molar refractivity (Wildman–Crippen MR) is 111 cm³/mol. The summed E-state index contributed by atoms with van der Waals surface area (Å²) in [5.74, 6) is -1.98. The summed E-state index contributed by atoms with van der Waals surface area (Å²) in [5, 5.41) is 4.68. The fourth-order valence-corrected chi connectivity index (χ4v) is 3.74. The highest BCUT2D eigenvalue weighted by atomic mass is 35.5. The van der Waals surface area contributed by atoms with Gasteiger partial charge in [0, 0.05) is 29.1 Å². The Morgan fingerprint density at radius 2 is 1.76 bits per heavy atom. The lowest BCUT2D eigenvalue weighted by Gasteiger charge is -2.22. The van der Waals surface area contributed by atoms with E-state index in [0.717, 1.165) is 11.6 Å². The van der Waals surface area contributed by atoms with Gasteiger partial charge in [0.1, 0.15) is 23.6 Å². The second kappa shape index (κ2) is 8.73. The van der Waals surface area contributed by atoms with E-state index in [-0.39, 0.29) is 6.54 Å². The van der Waals surface area contributed by atoms with Crippen molar-refractivity contribution >= 4 is 22.6 Å². The quantitative estimate of drug-likeness (QED) is 0.556. The Labute approximate surface area is 175 Å². The number of rotatable bonds is 6. The molecule has 0 fully saturated rings. The minimum atomic E-state index is -1.37. The fourth-order valence-electron chi connectivity index (χ4n) is 2.87. The summed E-state index contributed by atoms with van der Waals surface area (Å²) in [4.78, 5) is 0. The smallest absolute Gasteiger partial charge is 0.131 e. The normalized spacial score (nSPS) is 14.0. The molecule has 0 radical (unpaired) electrons. The van der Waals surface area contributed by atoms with Crippen molar-refractivity contribution in [1.29, 1.82) is 0 Å². The molecule has 4 nitrogen and oxygen atoms in total. The number of benzene rings is 2. The van der Waals surface area contributed by atoms with E-state index >= 15 is 0 Å². The van der Waals surface area contributed by atoms with Crippen molar-refractivity contribution in [3.05, 3.63) is 76.6 Å². The average molecular weight is 439 g/mol. The van der Waals surface area contributed by atoms with E-state index in [1.54, 1.807) is 12.1 Å². The third-order valence-electron chi connectivity index (χ3n) is 4.34. The largest absolute Gasteiger partial charge is 0.364 e. The first-order chi connectivity index (χ1) is 13.6. The first-order valence-electron chi connectivity index (χ1n) is 8.96. The Hall–Kier alpha value is -2.09. The summed E-state index contributed by atoms with van der Waals surface area (Å²) in [6.07, 6.45) is 1.47. The Morgan fingerprint density at radius 1 is 1.14 bits per heavy atom. The molecule has 1 heterocycles. The van der Waals surface area contributed by atoms with Crippen molar-refractivity contribution in [1.82, 2.24) is 9.88 Å². The van der Waals surface area contributed by atoms with Crippen LogP contribution in [0.15, 0.2) is 53.3 Å². The molecule has 1 N–H and O–H groups in total. The van der Waals surface area contributed by atoms with Crippen LogP contribution in [0.4, 0.5) is 8.78 Å². The Kier molecular flexibility index (Phi) is 6.51. The first-order valence-corrected chi connectivity index (χ1v) is 10.5. The van der Waals surface area contributed by atoms with Gasteiger partial charge >= 0.3 is 0 Å². The molecule has 29 heavy (non-hydrogen) atoms. The van der Waals surface area contributed by atoms with Gasteiger partial charge in [-0.2, -0.15) is 0 Å². The molecule has 1 unspecified atom stereocenters. The lowest BCUT2D eigenvalue weighted by Crippen LogP contribution is -2.36. The highest BCUT2D eigenvalue weighted by Gasteiger charge is 2.26. The molecule has 154 valence electrons. The molecular weight excluding hydrogens is 418 g/mol. The Balaban J connectivity index is 2.03. The minimum Gasteiger partial charge on any atom is -0.364 e. The van der Waals surface area contributed by atoms with Crippen molar-refractivity contribution in [2.75, 3.05) is 6.54 Å². The van der Waals surface area contributed by atoms with E-state index < -0.39 is 33.3 Å². The van der Waals surface area contributed by atoms with Gasteiger partial charge in [0.05, 0.1) is 15.7 Å². The van der Waals surface area contributed by atoms with Crippen LogP contribution in [0.1, 0.15) is 37.9 Å². The van der Waals surface area contributed by atoms with E-state index in [2.05, 4.69) is 9.88 Å². The van der Waals surface area contributed by atoms with Gasteiger partial charge in [-0.3, -0.25) is 0 Å². The Bertz CT molecular complexity index is 996. The van der Waals surface area contributed by atoms with Gasteiger partial charge in [-0.25, -0.2) is 17.7 Å². The molecule has 0 amide bonds. The van der Waals surface area contributed by atoms with E-state index in [1.807, 2.05) is 32.9 Å². The molecule has 2 atom stereocenters. The number of hydrogen-bond acceptors (Lipinski definition) is 3. The minimum absolute atomic E-state index is 0.153. The maximum absolute atomic E-state index is 13.9. The topological polar surface area (TPSA) is 55.1 Å². The maximum atomic E-state index is 13.9. The molecule has 0 saturated carbocycles. The van der Waals surface area contributed by atoms with Crippen LogP contribution < -0.4 is 4.72 Å². The number of aromatic nitrogens is 1. The standard InChI is InChI=1S/C21H21ClF2N2O2S/c1-21(2,3)29(27)25-11-18(14-8-16(23)10-17(24)9-14)20-19(12-28-26-20)13-4-6-15(22)7-5-13/h4-10,12,18,25H,11H2,1-3H3/t18-,29?/m1/s1. The van der Waals surface area contributed by atoms with Crippen molar-refractivity contribution in [3.63, 3.8) is 0 Å². The van der Waals surface area contributed by atoms with Crippen LogP contribution >= 0.6 is 11.6 Å². The van der Waals surface area contributed by atoms with E-state index in [1.165, 1.54) is 18.4 Å². The second-order valence-electron chi connectivity index (χ2n) is 7.61. The van der Waals surface area contributed by atoms with Crippen LogP contribution in [0.2, 0.25) is 5.02 Å². The van der Waals surface area contributed by atoms with Crippen molar-refractivity contribution in [2.24, 2.45) is 0 Å². The highest BCUT2D eigenvalue weighted by Crippen LogP contribution is 2.33. The van der Waals surface area contributed by atoms with Crippen molar-refractivity contribution in [3.8, 4) is 11.1 Å². The van der Waals surface area contributed by atoms with Crippen LogP contribution in [-0.4, -0.2) is 20.7 Å². The maximum Gasteiger partial charge on any atom is 0.131 e. The van der Waals surface area contributed by atoms with Crippen molar-refractivity contribution < 1.29 is 17.5 Å². The van der Waals surface area contributed by atoms with Gasteiger partial charge in [-0.15, -0.1) is 0 Å². The van der Waals surface area contributed by atoms with E-state index in [9.17, 15) is 13.0 Å². The zero-order chi connectivity index (χ0) is 21.2. The molecule has 1 aromatic heterocycles. The van der Waals surface area contributed by atoms with Crippen LogP contribution in [0, 0.1) is 11.6 Å². The van der Waals surface area contributed by atoms with Crippen molar-refractivity contribution in [2.45, 2.75) is 31.4 Å². The van der Waals surface area contributed by atoms with Crippen LogP contribution in [0.5, 0.6) is 0 Å². The number of nitrogens with one attached hydrogen (secondary N) is 1. The molecule has 8 heteroatoms. The van der Waals surface area contributed by atoms with Gasteiger partial charge in [-0.05, 0) is 56.2 Å². The van der Waals surface area contributed by atoms with E-state index in [0.29, 0.717) is 21.8 Å². The van der Waals surface area contributed by atoms with Gasteiger partial charge < -0.3 is 4.52 Å². The zero-order valence-electron chi connectivity index (χ0n) is 16.2. The monoisotopic (exact) mass is 438 g/mol. The number of halogens is 3. The summed E-state index contributed by atoms with van der Waals surface area (Å²) >= 11 is 5.97. The average Bonchev–Trinajstić information content (AvgIpc) is 3.10. The predicted octanol–water partition coefficient (Wildman–Crippen LogP) is 5.46. The summed E-state index contributed by atoms with van der Waals surface area (Å²) in [6.45, 7) is 5.66. The summed E-state index contributed by atoms with van der Waals surface area (Å²) < 4.78 is 48.0. The van der Waals surface area contributed by atoms with Gasteiger partial charge in [0.25, 0.3) is 0 Å². The SMILES string of the molecule is CC(C)(C)S(=O)NC[C@H](c1cc(F)cc(F)c1)c1nocc1-c1ccc(Cl)cc1. The lowest BCUT2D eigenvalue weighted by molar-refractivity contribution is 0.408. The molecule has 0 aliphatic carbocycles. The number of hydrogen-bond donors (Lipinski definition) is 1. The fraction of sp³-hybridized carbons (Fsp3) is 0.286. The molecule has 0 bridgehead atoms. The van der Waals surface area contributed by atoms with Gasteiger partial charge in [0.15, 0.2) is 0 Å². The zero-order valence-corrected chi connectivity index (χ0v) is 17.8. The summed E-state index contributed by atoms with van der Waals surface area (Å²) in [6, 6.07) is 10.4. The highest BCUT2D eigenvalue weighted by molar-refractivity contribution is 7.84. The lowest BCUT2D eigenvalue weighted by atomic mass is 9.91. The molecule has 0 aliphatic rings. The molecule has 2 aromatic carbocycles. The third-order valence-corrected chi connectivity index (χ3v) is 6.14. The van der Waals surface area contributed by atoms with Crippen LogP contribution in [-0.2, 0) is 11.0 Å². The molecule has 0 saturated heterocycles. The molecule has 3 aromatic rings. The molecule has 0 spiro atoms. The molecular formula is C21H21ClF2N2O2S. The first kappa shape index (κ1) is 21.6.